The predicted molar refractivity (Wildman–Crippen MR) is 97.5 cm³/mol. The maximum absolute atomic E-state index is 12.4. The smallest absolute Gasteiger partial charge is 0.222 e. The molecule has 2 aliphatic heterocycles. The molecule has 2 saturated heterocycles. The van der Waals surface area contributed by atoms with Crippen molar-refractivity contribution < 1.29 is 14.3 Å². The maximum Gasteiger partial charge on any atom is 0.222 e. The third-order valence-corrected chi connectivity index (χ3v) is 5.09. The normalized spacial score (nSPS) is 23.2. The number of nitrogens with zero attached hydrogens (tertiary/aromatic N) is 1. The standard InChI is InChI=1S/C20H30N2O3/c1-16-5-4-6-17(13-16)19(22-8-11-24-12-9-22)15-21-20(23)14-18-7-2-3-10-25-18/h4-6,13,18-19H,2-3,7-12,14-15H2,1H3,(H,21,23). The zero-order valence-corrected chi connectivity index (χ0v) is 15.2. The third-order valence-electron chi connectivity index (χ3n) is 5.09. The van der Waals surface area contributed by atoms with Crippen molar-refractivity contribution in [2.45, 2.75) is 44.8 Å². The highest BCUT2D eigenvalue weighted by Crippen LogP contribution is 2.22. The Bertz CT molecular complexity index is 552. The van der Waals surface area contributed by atoms with Gasteiger partial charge in [0, 0.05) is 26.2 Å². The number of ether oxygens (including phenoxy) is 2. The van der Waals surface area contributed by atoms with Crippen LogP contribution in [0, 0.1) is 6.92 Å². The van der Waals surface area contributed by atoms with Gasteiger partial charge in [-0.1, -0.05) is 29.8 Å². The summed E-state index contributed by atoms with van der Waals surface area (Å²) in [5.74, 6) is 0.0952. The minimum atomic E-state index is 0.0922. The van der Waals surface area contributed by atoms with Gasteiger partial charge in [0.05, 0.1) is 31.8 Å². The molecule has 0 saturated carbocycles. The van der Waals surface area contributed by atoms with E-state index in [-0.39, 0.29) is 18.1 Å². The number of aryl methyl sites for hydroxylation is 1. The zero-order chi connectivity index (χ0) is 17.5. The third kappa shape index (κ3) is 5.53. The Hall–Kier alpha value is -1.43. The van der Waals surface area contributed by atoms with Gasteiger partial charge in [-0.25, -0.2) is 0 Å². The molecule has 25 heavy (non-hydrogen) atoms. The summed E-state index contributed by atoms with van der Waals surface area (Å²) in [6.07, 6.45) is 3.85. The largest absolute Gasteiger partial charge is 0.379 e. The minimum absolute atomic E-state index is 0.0922. The lowest BCUT2D eigenvalue weighted by Gasteiger charge is -2.35. The first-order valence-electron chi connectivity index (χ1n) is 9.49. The van der Waals surface area contributed by atoms with Crippen LogP contribution in [-0.4, -0.2) is 56.4 Å². The Morgan fingerprint density at radius 1 is 1.28 bits per heavy atom. The summed E-state index contributed by atoms with van der Waals surface area (Å²) in [5, 5.41) is 3.14. The number of hydrogen-bond acceptors (Lipinski definition) is 4. The van der Waals surface area contributed by atoms with Gasteiger partial charge in [0.1, 0.15) is 0 Å². The lowest BCUT2D eigenvalue weighted by Crippen LogP contribution is -2.44. The van der Waals surface area contributed by atoms with E-state index in [4.69, 9.17) is 9.47 Å². The van der Waals surface area contributed by atoms with E-state index in [1.807, 2.05) is 0 Å². The molecular formula is C20H30N2O3. The first-order chi connectivity index (χ1) is 12.2. The topological polar surface area (TPSA) is 50.8 Å². The van der Waals surface area contributed by atoms with Gasteiger partial charge in [0.2, 0.25) is 5.91 Å². The molecule has 0 bridgehead atoms. The first kappa shape index (κ1) is 18.4. The van der Waals surface area contributed by atoms with E-state index in [2.05, 4.69) is 41.4 Å². The molecule has 1 N–H and O–H groups in total. The summed E-state index contributed by atoms with van der Waals surface area (Å²) in [4.78, 5) is 14.8. The van der Waals surface area contributed by atoms with Gasteiger partial charge in [-0.3, -0.25) is 9.69 Å². The Morgan fingerprint density at radius 2 is 2.12 bits per heavy atom. The summed E-state index contributed by atoms with van der Waals surface area (Å²) in [7, 11) is 0. The first-order valence-corrected chi connectivity index (χ1v) is 9.49. The predicted octanol–water partition coefficient (Wildman–Crippen LogP) is 2.44. The van der Waals surface area contributed by atoms with Crippen LogP contribution in [0.15, 0.2) is 24.3 Å². The number of amides is 1. The lowest BCUT2D eigenvalue weighted by atomic mass is 10.0. The Morgan fingerprint density at radius 3 is 2.84 bits per heavy atom. The van der Waals surface area contributed by atoms with Crippen LogP contribution in [0.1, 0.15) is 42.9 Å². The van der Waals surface area contributed by atoms with E-state index in [0.29, 0.717) is 13.0 Å². The van der Waals surface area contributed by atoms with Crippen LogP contribution in [0.25, 0.3) is 0 Å². The van der Waals surface area contributed by atoms with E-state index in [9.17, 15) is 4.79 Å². The molecule has 5 nitrogen and oxygen atoms in total. The summed E-state index contributed by atoms with van der Waals surface area (Å²) in [6.45, 7) is 6.85. The second-order valence-corrected chi connectivity index (χ2v) is 7.08. The zero-order valence-electron chi connectivity index (χ0n) is 15.2. The van der Waals surface area contributed by atoms with Gasteiger partial charge in [-0.15, -0.1) is 0 Å². The van der Waals surface area contributed by atoms with Gasteiger partial charge in [-0.2, -0.15) is 0 Å². The van der Waals surface area contributed by atoms with E-state index < -0.39 is 0 Å². The van der Waals surface area contributed by atoms with Crippen LogP contribution in [0.5, 0.6) is 0 Å². The molecule has 2 fully saturated rings. The van der Waals surface area contributed by atoms with E-state index in [1.165, 1.54) is 11.1 Å². The van der Waals surface area contributed by atoms with Crippen LogP contribution in [0.3, 0.4) is 0 Å². The Labute approximate surface area is 150 Å². The molecule has 2 aliphatic rings. The summed E-state index contributed by atoms with van der Waals surface area (Å²) in [6, 6.07) is 8.77. The van der Waals surface area contributed by atoms with E-state index in [1.54, 1.807) is 0 Å². The number of benzene rings is 1. The molecular weight excluding hydrogens is 316 g/mol. The van der Waals surface area contributed by atoms with Crippen LogP contribution in [-0.2, 0) is 14.3 Å². The van der Waals surface area contributed by atoms with Crippen LogP contribution in [0.4, 0.5) is 0 Å². The molecule has 5 heteroatoms. The number of carbonyl (C=O) groups is 1. The van der Waals surface area contributed by atoms with Crippen molar-refractivity contribution in [1.29, 1.82) is 0 Å². The molecule has 0 radical (unpaired) electrons. The average Bonchev–Trinajstić information content (AvgIpc) is 2.64. The van der Waals surface area contributed by atoms with Crippen molar-refractivity contribution in [3.8, 4) is 0 Å². The van der Waals surface area contributed by atoms with Crippen molar-refractivity contribution in [2.24, 2.45) is 0 Å². The number of hydrogen-bond donors (Lipinski definition) is 1. The lowest BCUT2D eigenvalue weighted by molar-refractivity contribution is -0.125. The fraction of sp³-hybridized carbons (Fsp3) is 0.650. The molecule has 1 amide bonds. The van der Waals surface area contributed by atoms with Gasteiger partial charge in [-0.05, 0) is 31.7 Å². The van der Waals surface area contributed by atoms with Gasteiger partial charge in [0.15, 0.2) is 0 Å². The highest BCUT2D eigenvalue weighted by molar-refractivity contribution is 5.76. The average molecular weight is 346 g/mol. The molecule has 0 spiro atoms. The fourth-order valence-electron chi connectivity index (χ4n) is 3.68. The number of morpholine rings is 1. The molecule has 1 aromatic carbocycles. The van der Waals surface area contributed by atoms with Crippen LogP contribution in [0.2, 0.25) is 0 Å². The molecule has 0 aliphatic carbocycles. The van der Waals surface area contributed by atoms with Crippen molar-refractivity contribution in [1.82, 2.24) is 10.2 Å². The molecule has 2 heterocycles. The molecule has 3 rings (SSSR count). The molecule has 1 aromatic rings. The summed E-state index contributed by atoms with van der Waals surface area (Å²) >= 11 is 0. The summed E-state index contributed by atoms with van der Waals surface area (Å²) < 4.78 is 11.2. The second kappa shape index (κ2) is 9.32. The SMILES string of the molecule is Cc1cccc(C(CNC(=O)CC2CCCCO2)N2CCOCC2)c1. The van der Waals surface area contributed by atoms with Gasteiger partial charge in [0.25, 0.3) is 0 Å². The Kier molecular flexibility index (Phi) is 6.84. The summed E-state index contributed by atoms with van der Waals surface area (Å²) in [5.41, 5.74) is 2.51. The number of nitrogens with one attached hydrogen (secondary N) is 1. The molecule has 0 aromatic heterocycles. The highest BCUT2D eigenvalue weighted by Gasteiger charge is 2.24. The van der Waals surface area contributed by atoms with Crippen LogP contribution < -0.4 is 5.32 Å². The number of carbonyl (C=O) groups excluding carboxylic acids is 1. The van der Waals surface area contributed by atoms with Crippen LogP contribution >= 0.6 is 0 Å². The molecule has 2 unspecified atom stereocenters. The quantitative estimate of drug-likeness (QED) is 0.860. The fourth-order valence-corrected chi connectivity index (χ4v) is 3.68. The van der Waals surface area contributed by atoms with E-state index in [0.717, 1.165) is 52.2 Å². The second-order valence-electron chi connectivity index (χ2n) is 7.08. The monoisotopic (exact) mass is 346 g/mol. The van der Waals surface area contributed by atoms with Gasteiger partial charge >= 0.3 is 0 Å². The minimum Gasteiger partial charge on any atom is -0.379 e. The van der Waals surface area contributed by atoms with Gasteiger partial charge < -0.3 is 14.8 Å². The Balaban J connectivity index is 1.59. The molecule has 138 valence electrons. The molecule has 2 atom stereocenters. The van der Waals surface area contributed by atoms with E-state index >= 15 is 0 Å². The highest BCUT2D eigenvalue weighted by atomic mass is 16.5. The number of rotatable bonds is 6. The van der Waals surface area contributed by atoms with Crippen molar-refractivity contribution >= 4 is 5.91 Å². The van der Waals surface area contributed by atoms with Crippen molar-refractivity contribution in [2.75, 3.05) is 39.5 Å². The van der Waals surface area contributed by atoms with Crippen molar-refractivity contribution in [3.63, 3.8) is 0 Å². The van der Waals surface area contributed by atoms with Crippen molar-refractivity contribution in [3.05, 3.63) is 35.4 Å². The maximum atomic E-state index is 12.4.